The van der Waals surface area contributed by atoms with Crippen LogP contribution in [0.3, 0.4) is 0 Å². The third-order valence-corrected chi connectivity index (χ3v) is 5.73. The van der Waals surface area contributed by atoms with Gasteiger partial charge in [0.15, 0.2) is 17.5 Å². The van der Waals surface area contributed by atoms with Crippen LogP contribution in [0.25, 0.3) is 0 Å². The van der Waals surface area contributed by atoms with Crippen LogP contribution in [0.4, 0.5) is 0 Å². The number of hydrogen-bond donors (Lipinski definition) is 2. The monoisotopic (exact) mass is 397 g/mol. The van der Waals surface area contributed by atoms with Gasteiger partial charge in [-0.05, 0) is 48.2 Å². The van der Waals surface area contributed by atoms with Crippen LogP contribution in [0.5, 0.6) is 17.2 Å². The van der Waals surface area contributed by atoms with Crippen molar-refractivity contribution in [2.24, 2.45) is 10.7 Å². The van der Waals surface area contributed by atoms with Crippen molar-refractivity contribution in [2.75, 3.05) is 27.9 Å². The van der Waals surface area contributed by atoms with Crippen molar-refractivity contribution in [1.29, 1.82) is 0 Å². The number of nitrogens with zero attached hydrogens (tertiary/aromatic N) is 1. The molecule has 0 heterocycles. The number of aliphatic imine (C=N–C) groups is 1. The van der Waals surface area contributed by atoms with E-state index >= 15 is 0 Å². The zero-order chi connectivity index (χ0) is 20.7. The molecule has 1 aliphatic rings. The third-order valence-electron chi connectivity index (χ3n) is 5.73. The first-order valence-electron chi connectivity index (χ1n) is 9.99. The number of guanidine groups is 1. The number of ether oxygens (including phenoxy) is 3. The van der Waals surface area contributed by atoms with Gasteiger partial charge in [0.25, 0.3) is 0 Å². The summed E-state index contributed by atoms with van der Waals surface area (Å²) in [6, 6.07) is 14.1. The van der Waals surface area contributed by atoms with Gasteiger partial charge < -0.3 is 25.3 Å². The van der Waals surface area contributed by atoms with Gasteiger partial charge in [-0.3, -0.25) is 0 Å². The molecule has 156 valence electrons. The van der Waals surface area contributed by atoms with Crippen molar-refractivity contribution in [2.45, 2.75) is 37.6 Å². The summed E-state index contributed by atoms with van der Waals surface area (Å²) in [5, 5.41) is 3.35. The molecule has 0 spiro atoms. The second kappa shape index (κ2) is 9.54. The number of nitrogens with two attached hydrogens (primary N) is 1. The van der Waals surface area contributed by atoms with Gasteiger partial charge in [-0.15, -0.1) is 0 Å². The first kappa shape index (κ1) is 20.8. The number of methoxy groups -OCH3 is 3. The normalized spacial score (nSPS) is 15.8. The lowest BCUT2D eigenvalue weighted by Gasteiger charge is -2.30. The molecule has 29 heavy (non-hydrogen) atoms. The Morgan fingerprint density at radius 1 is 1.00 bits per heavy atom. The van der Waals surface area contributed by atoms with Crippen molar-refractivity contribution in [3.05, 3.63) is 53.6 Å². The molecule has 2 aromatic rings. The van der Waals surface area contributed by atoms with E-state index in [2.05, 4.69) is 28.5 Å². The Bertz CT molecular complexity index is 845. The minimum absolute atomic E-state index is 0.0675. The van der Waals surface area contributed by atoms with Crippen LogP contribution in [0.15, 0.2) is 47.5 Å². The first-order valence-corrected chi connectivity index (χ1v) is 9.99. The molecule has 0 bridgehead atoms. The minimum atomic E-state index is 0.0675. The SMILES string of the molecule is COc1cccc(C2(CNC(N)=NCc3ccc(OC)c(OC)c3)CCCC2)c1. The maximum atomic E-state index is 6.18. The zero-order valence-corrected chi connectivity index (χ0v) is 17.5. The summed E-state index contributed by atoms with van der Waals surface area (Å²) in [5.74, 6) is 2.74. The second-order valence-electron chi connectivity index (χ2n) is 7.46. The second-order valence-corrected chi connectivity index (χ2v) is 7.46. The molecule has 6 heteroatoms. The molecule has 3 N–H and O–H groups in total. The van der Waals surface area contributed by atoms with Gasteiger partial charge in [0.05, 0.1) is 27.9 Å². The van der Waals surface area contributed by atoms with E-state index in [1.54, 1.807) is 21.3 Å². The molecule has 1 fully saturated rings. The van der Waals surface area contributed by atoms with Crippen LogP contribution >= 0.6 is 0 Å². The Morgan fingerprint density at radius 2 is 1.76 bits per heavy atom. The average Bonchev–Trinajstić information content (AvgIpc) is 3.26. The smallest absolute Gasteiger partial charge is 0.188 e. The fraction of sp³-hybridized carbons (Fsp3) is 0.435. The van der Waals surface area contributed by atoms with Crippen LogP contribution in [-0.2, 0) is 12.0 Å². The largest absolute Gasteiger partial charge is 0.497 e. The van der Waals surface area contributed by atoms with Gasteiger partial charge in [-0.1, -0.05) is 31.0 Å². The molecule has 6 nitrogen and oxygen atoms in total. The highest BCUT2D eigenvalue weighted by molar-refractivity contribution is 5.78. The van der Waals surface area contributed by atoms with Crippen molar-refractivity contribution in [1.82, 2.24) is 5.32 Å². The Labute approximate surface area is 173 Å². The highest BCUT2D eigenvalue weighted by atomic mass is 16.5. The van der Waals surface area contributed by atoms with Crippen molar-refractivity contribution >= 4 is 5.96 Å². The van der Waals surface area contributed by atoms with Crippen LogP contribution in [-0.4, -0.2) is 33.8 Å². The maximum Gasteiger partial charge on any atom is 0.188 e. The molecule has 1 aliphatic carbocycles. The fourth-order valence-corrected chi connectivity index (χ4v) is 4.04. The summed E-state index contributed by atoms with van der Waals surface area (Å²) in [6.45, 7) is 1.24. The van der Waals surface area contributed by atoms with Gasteiger partial charge in [0, 0.05) is 12.0 Å². The van der Waals surface area contributed by atoms with Crippen LogP contribution in [0.2, 0.25) is 0 Å². The molecule has 3 rings (SSSR count). The topological polar surface area (TPSA) is 78.1 Å². The molecular weight excluding hydrogens is 366 g/mol. The fourth-order valence-electron chi connectivity index (χ4n) is 4.04. The number of hydrogen-bond acceptors (Lipinski definition) is 4. The predicted molar refractivity (Wildman–Crippen MR) is 116 cm³/mol. The molecule has 0 aliphatic heterocycles. The molecule has 0 amide bonds. The lowest BCUT2D eigenvalue weighted by molar-refractivity contribution is 0.354. The van der Waals surface area contributed by atoms with E-state index in [4.69, 9.17) is 19.9 Å². The molecule has 0 atom stereocenters. The summed E-state index contributed by atoms with van der Waals surface area (Å²) in [6.07, 6.45) is 4.72. The average molecular weight is 398 g/mol. The van der Waals surface area contributed by atoms with E-state index in [0.29, 0.717) is 24.0 Å². The molecule has 2 aromatic carbocycles. The lowest BCUT2D eigenvalue weighted by Crippen LogP contribution is -2.42. The lowest BCUT2D eigenvalue weighted by atomic mass is 9.78. The Balaban J connectivity index is 1.67. The molecule has 0 unspecified atom stereocenters. The molecule has 1 saturated carbocycles. The maximum absolute atomic E-state index is 6.18. The number of benzene rings is 2. The van der Waals surface area contributed by atoms with Crippen LogP contribution in [0, 0.1) is 0 Å². The summed E-state index contributed by atoms with van der Waals surface area (Å²) >= 11 is 0. The summed E-state index contributed by atoms with van der Waals surface area (Å²) in [5.41, 5.74) is 8.56. The van der Waals surface area contributed by atoms with Crippen molar-refractivity contribution < 1.29 is 14.2 Å². The van der Waals surface area contributed by atoms with Gasteiger partial charge in [-0.25, -0.2) is 4.99 Å². The molecule has 0 aromatic heterocycles. The van der Waals surface area contributed by atoms with E-state index in [1.165, 1.54) is 18.4 Å². The van der Waals surface area contributed by atoms with E-state index in [-0.39, 0.29) is 5.41 Å². The summed E-state index contributed by atoms with van der Waals surface area (Å²) in [7, 11) is 4.96. The van der Waals surface area contributed by atoms with Gasteiger partial charge in [-0.2, -0.15) is 0 Å². The summed E-state index contributed by atoms with van der Waals surface area (Å²) < 4.78 is 16.0. The molecule has 0 radical (unpaired) electrons. The molecular formula is C23H31N3O3. The number of rotatable bonds is 8. The van der Waals surface area contributed by atoms with E-state index < -0.39 is 0 Å². The predicted octanol–water partition coefficient (Wildman–Crippen LogP) is 3.63. The van der Waals surface area contributed by atoms with Crippen LogP contribution in [0.1, 0.15) is 36.8 Å². The van der Waals surface area contributed by atoms with Crippen molar-refractivity contribution in [3.63, 3.8) is 0 Å². The first-order chi connectivity index (χ1) is 14.1. The van der Waals surface area contributed by atoms with Crippen molar-refractivity contribution in [3.8, 4) is 17.2 Å². The standard InChI is InChI=1S/C23H31N3O3/c1-27-19-8-6-7-18(14-19)23(11-4-5-12-23)16-26-22(24)25-15-17-9-10-20(28-2)21(13-17)29-3/h6-10,13-14H,4-5,11-12,15-16H2,1-3H3,(H3,24,25,26). The minimum Gasteiger partial charge on any atom is -0.497 e. The van der Waals surface area contributed by atoms with Gasteiger partial charge >= 0.3 is 0 Å². The van der Waals surface area contributed by atoms with E-state index in [1.807, 2.05) is 24.3 Å². The van der Waals surface area contributed by atoms with Gasteiger partial charge in [0.2, 0.25) is 0 Å². The zero-order valence-electron chi connectivity index (χ0n) is 17.5. The third kappa shape index (κ3) is 4.94. The number of nitrogens with one attached hydrogen (secondary N) is 1. The molecule has 0 saturated heterocycles. The summed E-state index contributed by atoms with van der Waals surface area (Å²) in [4.78, 5) is 4.51. The van der Waals surface area contributed by atoms with Gasteiger partial charge in [0.1, 0.15) is 5.75 Å². The highest BCUT2D eigenvalue weighted by Gasteiger charge is 2.35. The Morgan fingerprint density at radius 3 is 2.45 bits per heavy atom. The Hall–Kier alpha value is -2.89. The Kier molecular flexibility index (Phi) is 6.86. The van der Waals surface area contributed by atoms with E-state index in [9.17, 15) is 0 Å². The highest BCUT2D eigenvalue weighted by Crippen LogP contribution is 2.41. The van der Waals surface area contributed by atoms with E-state index in [0.717, 1.165) is 30.7 Å². The quantitative estimate of drug-likeness (QED) is 0.525. The van der Waals surface area contributed by atoms with Crippen LogP contribution < -0.4 is 25.3 Å².